The zero-order valence-corrected chi connectivity index (χ0v) is 12.1. The Hall–Kier alpha value is -1.82. The van der Waals surface area contributed by atoms with Gasteiger partial charge in [-0.05, 0) is 36.8 Å². The second kappa shape index (κ2) is 6.09. The van der Waals surface area contributed by atoms with Crippen molar-refractivity contribution in [2.24, 2.45) is 5.84 Å². The molecule has 0 spiro atoms. The summed E-state index contributed by atoms with van der Waals surface area (Å²) in [6, 6.07) is 8.30. The van der Waals surface area contributed by atoms with Crippen LogP contribution in [0.1, 0.15) is 15.9 Å². The summed E-state index contributed by atoms with van der Waals surface area (Å²) in [5.41, 5.74) is 4.20. The van der Waals surface area contributed by atoms with E-state index in [0.29, 0.717) is 22.1 Å². The molecule has 1 aromatic carbocycles. The van der Waals surface area contributed by atoms with Gasteiger partial charge in [0.1, 0.15) is 11.0 Å². The maximum Gasteiger partial charge on any atom is 0.255 e. The highest BCUT2D eigenvalue weighted by Crippen LogP contribution is 2.24. The Labute approximate surface area is 126 Å². The van der Waals surface area contributed by atoms with Crippen LogP contribution in [-0.4, -0.2) is 10.9 Å². The SMILES string of the molecule is Cc1ccc(Cl)c(NC(=O)c2cc(Cl)nc(NN)c2)c1. The smallest absolute Gasteiger partial charge is 0.255 e. The van der Waals surface area contributed by atoms with Gasteiger partial charge in [-0.15, -0.1) is 0 Å². The van der Waals surface area contributed by atoms with E-state index in [-0.39, 0.29) is 11.1 Å². The van der Waals surface area contributed by atoms with Crippen molar-refractivity contribution < 1.29 is 4.79 Å². The van der Waals surface area contributed by atoms with Gasteiger partial charge in [0.2, 0.25) is 0 Å². The van der Waals surface area contributed by atoms with Crippen LogP contribution in [0.4, 0.5) is 11.5 Å². The summed E-state index contributed by atoms with van der Waals surface area (Å²) in [5.74, 6) is 5.22. The van der Waals surface area contributed by atoms with E-state index >= 15 is 0 Å². The molecule has 0 aliphatic rings. The maximum atomic E-state index is 12.2. The molecule has 104 valence electrons. The summed E-state index contributed by atoms with van der Waals surface area (Å²) in [6.07, 6.45) is 0. The van der Waals surface area contributed by atoms with E-state index in [1.54, 1.807) is 12.1 Å². The molecule has 1 heterocycles. The molecule has 7 heteroatoms. The number of rotatable bonds is 3. The molecule has 0 bridgehead atoms. The van der Waals surface area contributed by atoms with Gasteiger partial charge in [0.25, 0.3) is 5.91 Å². The maximum absolute atomic E-state index is 12.2. The van der Waals surface area contributed by atoms with Gasteiger partial charge in [-0.3, -0.25) is 4.79 Å². The number of hydrogen-bond donors (Lipinski definition) is 3. The molecule has 1 aromatic heterocycles. The molecule has 4 N–H and O–H groups in total. The molecule has 0 aliphatic carbocycles. The van der Waals surface area contributed by atoms with Gasteiger partial charge in [-0.2, -0.15) is 0 Å². The Balaban J connectivity index is 2.28. The monoisotopic (exact) mass is 310 g/mol. The minimum absolute atomic E-state index is 0.168. The van der Waals surface area contributed by atoms with E-state index < -0.39 is 0 Å². The molecule has 2 aromatic rings. The fourth-order valence-electron chi connectivity index (χ4n) is 1.63. The molecular formula is C13H12Cl2N4O. The molecule has 0 saturated carbocycles. The van der Waals surface area contributed by atoms with Crippen molar-refractivity contribution in [1.29, 1.82) is 0 Å². The summed E-state index contributed by atoms with van der Waals surface area (Å²) in [5, 5.41) is 3.35. The van der Waals surface area contributed by atoms with Crippen molar-refractivity contribution in [2.75, 3.05) is 10.7 Å². The number of nitrogens with one attached hydrogen (secondary N) is 2. The molecule has 0 fully saturated rings. The van der Waals surface area contributed by atoms with E-state index in [2.05, 4.69) is 15.7 Å². The Morgan fingerprint density at radius 3 is 2.70 bits per heavy atom. The number of pyridine rings is 1. The molecular weight excluding hydrogens is 299 g/mol. The number of amides is 1. The first-order valence-corrected chi connectivity index (χ1v) is 6.47. The van der Waals surface area contributed by atoms with Crippen molar-refractivity contribution in [3.8, 4) is 0 Å². The normalized spacial score (nSPS) is 10.2. The van der Waals surface area contributed by atoms with Crippen molar-refractivity contribution in [1.82, 2.24) is 4.98 Å². The predicted octanol–water partition coefficient (Wildman–Crippen LogP) is 3.23. The zero-order valence-electron chi connectivity index (χ0n) is 10.6. The number of carbonyl (C=O) groups excluding carboxylic acids is 1. The Morgan fingerprint density at radius 2 is 2.00 bits per heavy atom. The third-order valence-electron chi connectivity index (χ3n) is 2.57. The van der Waals surface area contributed by atoms with Crippen LogP contribution < -0.4 is 16.6 Å². The molecule has 1 amide bonds. The van der Waals surface area contributed by atoms with Gasteiger partial charge in [0, 0.05) is 5.56 Å². The topological polar surface area (TPSA) is 80.0 Å². The molecule has 0 radical (unpaired) electrons. The minimum Gasteiger partial charge on any atom is -0.321 e. The number of nitrogen functional groups attached to an aromatic ring is 1. The molecule has 0 saturated heterocycles. The molecule has 0 atom stereocenters. The summed E-state index contributed by atoms with van der Waals surface area (Å²) < 4.78 is 0. The van der Waals surface area contributed by atoms with E-state index in [1.165, 1.54) is 12.1 Å². The number of carbonyl (C=O) groups is 1. The lowest BCUT2D eigenvalue weighted by molar-refractivity contribution is 0.102. The number of hydrogen-bond acceptors (Lipinski definition) is 4. The van der Waals surface area contributed by atoms with Crippen molar-refractivity contribution in [3.63, 3.8) is 0 Å². The third kappa shape index (κ3) is 3.39. The van der Waals surface area contributed by atoms with Crippen LogP contribution in [0.3, 0.4) is 0 Å². The molecule has 5 nitrogen and oxygen atoms in total. The average molecular weight is 311 g/mol. The van der Waals surface area contributed by atoms with Crippen LogP contribution in [0, 0.1) is 6.92 Å². The number of anilines is 2. The first kappa shape index (κ1) is 14.6. The van der Waals surface area contributed by atoms with Crippen molar-refractivity contribution in [3.05, 3.63) is 51.6 Å². The van der Waals surface area contributed by atoms with Crippen LogP contribution in [0.25, 0.3) is 0 Å². The number of benzene rings is 1. The number of halogens is 2. The largest absolute Gasteiger partial charge is 0.321 e. The second-order valence-corrected chi connectivity index (χ2v) is 4.94. The molecule has 2 rings (SSSR count). The lowest BCUT2D eigenvalue weighted by Crippen LogP contribution is -2.15. The Kier molecular flexibility index (Phi) is 4.44. The first-order valence-electron chi connectivity index (χ1n) is 5.71. The van der Waals surface area contributed by atoms with Gasteiger partial charge in [0.05, 0.1) is 10.7 Å². The third-order valence-corrected chi connectivity index (χ3v) is 3.10. The van der Waals surface area contributed by atoms with Crippen LogP contribution in [-0.2, 0) is 0 Å². The average Bonchev–Trinajstić information content (AvgIpc) is 2.42. The number of nitrogens with zero attached hydrogens (tertiary/aromatic N) is 1. The summed E-state index contributed by atoms with van der Waals surface area (Å²) in [7, 11) is 0. The van der Waals surface area contributed by atoms with Gasteiger partial charge < -0.3 is 10.7 Å². The summed E-state index contributed by atoms with van der Waals surface area (Å²) in [6.45, 7) is 1.91. The van der Waals surface area contributed by atoms with Crippen LogP contribution in [0.2, 0.25) is 10.2 Å². The molecule has 20 heavy (non-hydrogen) atoms. The lowest BCUT2D eigenvalue weighted by atomic mass is 10.2. The van der Waals surface area contributed by atoms with E-state index in [4.69, 9.17) is 29.0 Å². The number of nitrogens with two attached hydrogens (primary N) is 1. The fraction of sp³-hybridized carbons (Fsp3) is 0.0769. The lowest BCUT2D eigenvalue weighted by Gasteiger charge is -2.09. The number of aryl methyl sites for hydroxylation is 1. The predicted molar refractivity (Wildman–Crippen MR) is 81.2 cm³/mol. The van der Waals surface area contributed by atoms with Crippen LogP contribution in [0.5, 0.6) is 0 Å². The zero-order chi connectivity index (χ0) is 14.7. The van der Waals surface area contributed by atoms with Gasteiger partial charge in [-0.25, -0.2) is 10.8 Å². The minimum atomic E-state index is -0.349. The highest BCUT2D eigenvalue weighted by molar-refractivity contribution is 6.34. The van der Waals surface area contributed by atoms with E-state index in [9.17, 15) is 4.79 Å². The standard InChI is InChI=1S/C13H12Cl2N4O/c1-7-2-3-9(14)10(4-7)17-13(20)8-5-11(15)18-12(6-8)19-16/h2-6H,16H2,1H3,(H,17,20)(H,18,19). The Morgan fingerprint density at radius 1 is 1.25 bits per heavy atom. The first-order chi connectivity index (χ1) is 9.49. The Bertz CT molecular complexity index is 661. The van der Waals surface area contributed by atoms with Crippen LogP contribution in [0.15, 0.2) is 30.3 Å². The number of aromatic nitrogens is 1. The van der Waals surface area contributed by atoms with Gasteiger partial charge >= 0.3 is 0 Å². The molecule has 0 unspecified atom stereocenters. The van der Waals surface area contributed by atoms with Crippen molar-refractivity contribution >= 4 is 40.6 Å². The number of hydrazine groups is 1. The quantitative estimate of drug-likeness (QED) is 0.462. The van der Waals surface area contributed by atoms with E-state index in [1.807, 2.05) is 13.0 Å². The van der Waals surface area contributed by atoms with Crippen LogP contribution >= 0.6 is 23.2 Å². The van der Waals surface area contributed by atoms with Crippen molar-refractivity contribution in [2.45, 2.75) is 6.92 Å². The fourth-order valence-corrected chi connectivity index (χ4v) is 2.00. The van der Waals surface area contributed by atoms with E-state index in [0.717, 1.165) is 5.56 Å². The highest BCUT2D eigenvalue weighted by atomic mass is 35.5. The van der Waals surface area contributed by atoms with Gasteiger partial charge in [0.15, 0.2) is 0 Å². The highest BCUT2D eigenvalue weighted by Gasteiger charge is 2.11. The summed E-state index contributed by atoms with van der Waals surface area (Å²) >= 11 is 11.9. The molecule has 0 aliphatic heterocycles. The second-order valence-electron chi connectivity index (χ2n) is 4.15. The van der Waals surface area contributed by atoms with Gasteiger partial charge in [-0.1, -0.05) is 29.3 Å². The summed E-state index contributed by atoms with van der Waals surface area (Å²) in [4.78, 5) is 16.1.